The molecule has 0 aromatic carbocycles. The van der Waals surface area contributed by atoms with Gasteiger partial charge in [-0.3, -0.25) is 4.99 Å². The summed E-state index contributed by atoms with van der Waals surface area (Å²) in [5, 5.41) is 1.08. The SMILES string of the molecule is C=Cc1[nH]c2ncccc2c1C=NC. The van der Waals surface area contributed by atoms with E-state index in [2.05, 4.69) is 21.5 Å². The third-order valence-electron chi connectivity index (χ3n) is 2.10. The third-order valence-corrected chi connectivity index (χ3v) is 2.10. The fraction of sp³-hybridized carbons (Fsp3) is 0.0909. The van der Waals surface area contributed by atoms with E-state index >= 15 is 0 Å². The number of nitrogens with one attached hydrogen (secondary N) is 1. The Kier molecular flexibility index (Phi) is 2.14. The van der Waals surface area contributed by atoms with Crippen molar-refractivity contribution in [1.82, 2.24) is 9.97 Å². The lowest BCUT2D eigenvalue weighted by atomic mass is 10.2. The monoisotopic (exact) mass is 185 g/mol. The van der Waals surface area contributed by atoms with Crippen molar-refractivity contribution >= 4 is 23.3 Å². The van der Waals surface area contributed by atoms with Crippen LogP contribution in [0.3, 0.4) is 0 Å². The molecule has 2 aromatic heterocycles. The molecule has 0 fully saturated rings. The molecular weight excluding hydrogens is 174 g/mol. The number of nitrogens with zero attached hydrogens (tertiary/aromatic N) is 2. The van der Waals surface area contributed by atoms with Crippen LogP contribution in [0, 0.1) is 0 Å². The minimum Gasteiger partial charge on any atom is -0.339 e. The summed E-state index contributed by atoms with van der Waals surface area (Å²) in [7, 11) is 1.75. The van der Waals surface area contributed by atoms with Crippen molar-refractivity contribution in [2.45, 2.75) is 0 Å². The number of hydrogen-bond donors (Lipinski definition) is 1. The first-order chi connectivity index (χ1) is 6.86. The van der Waals surface area contributed by atoms with Crippen LogP contribution in [0.25, 0.3) is 17.1 Å². The number of fused-ring (bicyclic) bond motifs is 1. The summed E-state index contributed by atoms with van der Waals surface area (Å²) in [6, 6.07) is 3.93. The highest BCUT2D eigenvalue weighted by molar-refractivity contribution is 6.01. The van der Waals surface area contributed by atoms with Crippen LogP contribution in [0.5, 0.6) is 0 Å². The van der Waals surface area contributed by atoms with E-state index in [1.54, 1.807) is 19.3 Å². The molecule has 0 radical (unpaired) electrons. The van der Waals surface area contributed by atoms with Gasteiger partial charge in [-0.2, -0.15) is 0 Å². The van der Waals surface area contributed by atoms with Gasteiger partial charge in [0.1, 0.15) is 5.65 Å². The molecule has 2 aromatic rings. The standard InChI is InChI=1S/C11H11N3/c1-3-10-9(7-12-2)8-5-4-6-13-11(8)14-10/h3-7H,1H2,2H3,(H,13,14). The maximum atomic E-state index is 4.23. The lowest BCUT2D eigenvalue weighted by molar-refractivity contribution is 1.31. The van der Waals surface area contributed by atoms with Gasteiger partial charge in [-0.25, -0.2) is 4.98 Å². The van der Waals surface area contributed by atoms with Gasteiger partial charge < -0.3 is 4.98 Å². The summed E-state index contributed by atoms with van der Waals surface area (Å²) >= 11 is 0. The fourth-order valence-electron chi connectivity index (χ4n) is 1.49. The van der Waals surface area contributed by atoms with Gasteiger partial charge in [0.25, 0.3) is 0 Å². The summed E-state index contributed by atoms with van der Waals surface area (Å²) in [6.45, 7) is 3.75. The van der Waals surface area contributed by atoms with Crippen molar-refractivity contribution in [3.8, 4) is 0 Å². The summed E-state index contributed by atoms with van der Waals surface area (Å²) < 4.78 is 0. The quantitative estimate of drug-likeness (QED) is 0.716. The topological polar surface area (TPSA) is 41.0 Å². The molecule has 2 rings (SSSR count). The number of hydrogen-bond acceptors (Lipinski definition) is 2. The first kappa shape index (κ1) is 8.69. The molecule has 70 valence electrons. The van der Waals surface area contributed by atoms with E-state index in [0.717, 1.165) is 22.3 Å². The first-order valence-corrected chi connectivity index (χ1v) is 4.38. The molecule has 0 aliphatic rings. The number of rotatable bonds is 2. The predicted molar refractivity (Wildman–Crippen MR) is 59.7 cm³/mol. The van der Waals surface area contributed by atoms with Gasteiger partial charge >= 0.3 is 0 Å². The highest BCUT2D eigenvalue weighted by Gasteiger charge is 2.06. The van der Waals surface area contributed by atoms with Gasteiger partial charge in [0.15, 0.2) is 0 Å². The van der Waals surface area contributed by atoms with E-state index in [9.17, 15) is 0 Å². The molecule has 1 N–H and O–H groups in total. The highest BCUT2D eigenvalue weighted by atomic mass is 14.9. The zero-order valence-corrected chi connectivity index (χ0v) is 7.99. The minimum atomic E-state index is 0.873. The van der Waals surface area contributed by atoms with Crippen molar-refractivity contribution in [2.24, 2.45) is 4.99 Å². The van der Waals surface area contributed by atoms with Crippen molar-refractivity contribution in [2.75, 3.05) is 7.05 Å². The lowest BCUT2D eigenvalue weighted by Gasteiger charge is -1.90. The largest absolute Gasteiger partial charge is 0.339 e. The maximum absolute atomic E-state index is 4.23. The Morgan fingerprint density at radius 1 is 1.57 bits per heavy atom. The van der Waals surface area contributed by atoms with E-state index < -0.39 is 0 Å². The first-order valence-electron chi connectivity index (χ1n) is 4.38. The average Bonchev–Trinajstić information content (AvgIpc) is 2.58. The molecule has 0 atom stereocenters. The van der Waals surface area contributed by atoms with Gasteiger partial charge in [-0.15, -0.1) is 0 Å². The Hall–Kier alpha value is -1.90. The molecule has 2 heterocycles. The highest BCUT2D eigenvalue weighted by Crippen LogP contribution is 2.19. The van der Waals surface area contributed by atoms with Crippen LogP contribution in [-0.4, -0.2) is 23.2 Å². The van der Waals surface area contributed by atoms with Crippen molar-refractivity contribution in [3.05, 3.63) is 36.2 Å². The number of aromatic amines is 1. The Morgan fingerprint density at radius 3 is 3.14 bits per heavy atom. The Morgan fingerprint density at radius 2 is 2.43 bits per heavy atom. The summed E-state index contributed by atoms with van der Waals surface area (Å²) in [5.74, 6) is 0. The zero-order valence-electron chi connectivity index (χ0n) is 7.99. The van der Waals surface area contributed by atoms with E-state index in [1.165, 1.54) is 0 Å². The molecule has 0 aliphatic carbocycles. The number of pyridine rings is 1. The number of H-pyrrole nitrogens is 1. The van der Waals surface area contributed by atoms with Gasteiger partial charge in [-0.1, -0.05) is 6.58 Å². The molecular formula is C11H11N3. The summed E-state index contributed by atoms with van der Waals surface area (Å²) in [6.07, 6.45) is 5.36. The van der Waals surface area contributed by atoms with E-state index in [0.29, 0.717) is 0 Å². The molecule has 0 saturated carbocycles. The van der Waals surface area contributed by atoms with Crippen molar-refractivity contribution in [3.63, 3.8) is 0 Å². The van der Waals surface area contributed by atoms with Crippen LogP contribution in [0.15, 0.2) is 29.9 Å². The van der Waals surface area contributed by atoms with E-state index in [4.69, 9.17) is 0 Å². The van der Waals surface area contributed by atoms with Crippen LogP contribution < -0.4 is 0 Å². The maximum Gasteiger partial charge on any atom is 0.138 e. The lowest BCUT2D eigenvalue weighted by Crippen LogP contribution is -1.81. The van der Waals surface area contributed by atoms with Gasteiger partial charge in [0, 0.05) is 36.1 Å². The molecule has 3 nitrogen and oxygen atoms in total. The molecule has 0 saturated heterocycles. The molecule has 0 aliphatic heterocycles. The van der Waals surface area contributed by atoms with Crippen LogP contribution in [0.4, 0.5) is 0 Å². The smallest absolute Gasteiger partial charge is 0.138 e. The number of aliphatic imine (C=N–C) groups is 1. The van der Waals surface area contributed by atoms with Crippen LogP contribution in [-0.2, 0) is 0 Å². The van der Waals surface area contributed by atoms with Crippen LogP contribution in [0.2, 0.25) is 0 Å². The van der Waals surface area contributed by atoms with Crippen molar-refractivity contribution in [1.29, 1.82) is 0 Å². The second kappa shape index (κ2) is 3.46. The predicted octanol–water partition coefficient (Wildman–Crippen LogP) is 2.25. The Labute approximate surface area is 82.2 Å². The molecule has 0 bridgehead atoms. The molecule has 0 unspecified atom stereocenters. The normalized spacial score (nSPS) is 11.2. The molecule has 14 heavy (non-hydrogen) atoms. The second-order valence-corrected chi connectivity index (χ2v) is 2.94. The Balaban J connectivity index is 2.80. The third kappa shape index (κ3) is 1.23. The van der Waals surface area contributed by atoms with E-state index in [1.807, 2.05) is 18.3 Å². The van der Waals surface area contributed by atoms with Gasteiger partial charge in [0.2, 0.25) is 0 Å². The summed E-state index contributed by atoms with van der Waals surface area (Å²) in [4.78, 5) is 11.4. The average molecular weight is 185 g/mol. The molecule has 0 spiro atoms. The molecule has 3 heteroatoms. The number of aromatic nitrogens is 2. The van der Waals surface area contributed by atoms with Crippen LogP contribution >= 0.6 is 0 Å². The van der Waals surface area contributed by atoms with Crippen molar-refractivity contribution < 1.29 is 0 Å². The van der Waals surface area contributed by atoms with Gasteiger partial charge in [0.05, 0.1) is 0 Å². The fourth-order valence-corrected chi connectivity index (χ4v) is 1.49. The summed E-state index contributed by atoms with van der Waals surface area (Å²) in [5.41, 5.74) is 2.88. The second-order valence-electron chi connectivity index (χ2n) is 2.94. The minimum absolute atomic E-state index is 0.873. The Bertz CT molecular complexity index is 494. The molecule has 0 amide bonds. The van der Waals surface area contributed by atoms with Gasteiger partial charge in [-0.05, 0) is 18.2 Å². The van der Waals surface area contributed by atoms with Crippen LogP contribution in [0.1, 0.15) is 11.3 Å². The zero-order chi connectivity index (χ0) is 9.97. The van der Waals surface area contributed by atoms with E-state index in [-0.39, 0.29) is 0 Å².